The van der Waals surface area contributed by atoms with E-state index in [4.69, 9.17) is 5.84 Å². The lowest BCUT2D eigenvalue weighted by Crippen LogP contribution is -2.12. The number of hydrogen-bond donors (Lipinski definition) is 2. The molecule has 0 fully saturated rings. The Morgan fingerprint density at radius 1 is 1.16 bits per heavy atom. The second-order valence-electron chi connectivity index (χ2n) is 4.32. The number of para-hydroxylation sites is 1. The van der Waals surface area contributed by atoms with Crippen LogP contribution in [-0.4, -0.2) is 19.5 Å². The number of hydrazine groups is 1. The Kier molecular flexibility index (Phi) is 2.64. The molecule has 0 unspecified atom stereocenters. The molecule has 2 aromatic heterocycles. The fourth-order valence-corrected chi connectivity index (χ4v) is 2.02. The van der Waals surface area contributed by atoms with E-state index in [0.29, 0.717) is 5.95 Å². The number of nitrogens with one attached hydrogen (secondary N) is 1. The van der Waals surface area contributed by atoms with Crippen LogP contribution in [0.3, 0.4) is 0 Å². The molecular weight excluding hydrogens is 240 g/mol. The van der Waals surface area contributed by atoms with Crippen molar-refractivity contribution in [2.45, 2.75) is 13.8 Å². The van der Waals surface area contributed by atoms with E-state index in [1.807, 2.05) is 42.7 Å². The Morgan fingerprint density at radius 2 is 1.95 bits per heavy atom. The van der Waals surface area contributed by atoms with Gasteiger partial charge in [-0.05, 0) is 26.0 Å². The molecule has 0 atom stereocenters. The molecule has 0 saturated carbocycles. The summed E-state index contributed by atoms with van der Waals surface area (Å²) in [6.07, 6.45) is 1.76. The molecule has 3 rings (SSSR count). The van der Waals surface area contributed by atoms with Crippen LogP contribution in [0.2, 0.25) is 0 Å². The number of imidazole rings is 1. The number of benzene rings is 1. The summed E-state index contributed by atoms with van der Waals surface area (Å²) in [7, 11) is 0. The maximum absolute atomic E-state index is 5.43. The van der Waals surface area contributed by atoms with Gasteiger partial charge in [0.25, 0.3) is 0 Å². The van der Waals surface area contributed by atoms with Gasteiger partial charge >= 0.3 is 0 Å². The van der Waals surface area contributed by atoms with Crippen molar-refractivity contribution in [3.63, 3.8) is 0 Å². The van der Waals surface area contributed by atoms with Crippen molar-refractivity contribution in [3.8, 4) is 5.82 Å². The summed E-state index contributed by atoms with van der Waals surface area (Å²) < 4.78 is 1.94. The van der Waals surface area contributed by atoms with Gasteiger partial charge in [0.2, 0.25) is 5.95 Å². The highest BCUT2D eigenvalue weighted by Crippen LogP contribution is 2.22. The number of nitrogen functional groups attached to an aromatic ring is 1. The monoisotopic (exact) mass is 254 g/mol. The molecule has 6 heteroatoms. The number of nitrogens with zero attached hydrogens (tertiary/aromatic N) is 4. The molecule has 0 aliphatic carbocycles. The van der Waals surface area contributed by atoms with Crippen LogP contribution in [0.1, 0.15) is 11.4 Å². The first-order chi connectivity index (χ1) is 9.20. The van der Waals surface area contributed by atoms with Gasteiger partial charge in [0.1, 0.15) is 6.33 Å². The summed E-state index contributed by atoms with van der Waals surface area (Å²) in [6, 6.07) is 7.81. The third kappa shape index (κ3) is 1.82. The van der Waals surface area contributed by atoms with Crippen LogP contribution in [0.15, 0.2) is 30.6 Å². The topological polar surface area (TPSA) is 81.7 Å². The van der Waals surface area contributed by atoms with E-state index < -0.39 is 0 Å². The Hall–Kier alpha value is -2.47. The fraction of sp³-hybridized carbons (Fsp3) is 0.154. The van der Waals surface area contributed by atoms with Crippen LogP contribution in [-0.2, 0) is 0 Å². The van der Waals surface area contributed by atoms with E-state index in [1.54, 1.807) is 6.33 Å². The molecule has 3 N–H and O–H groups in total. The number of nitrogens with two attached hydrogens (primary N) is 1. The molecule has 0 aliphatic heterocycles. The average molecular weight is 254 g/mol. The lowest BCUT2D eigenvalue weighted by Gasteiger charge is -2.10. The second-order valence-corrected chi connectivity index (χ2v) is 4.32. The molecule has 2 heterocycles. The number of aromatic nitrogens is 4. The molecule has 0 radical (unpaired) electrons. The molecule has 0 amide bonds. The average Bonchev–Trinajstić information content (AvgIpc) is 2.78. The lowest BCUT2D eigenvalue weighted by atomic mass is 10.2. The highest BCUT2D eigenvalue weighted by molar-refractivity contribution is 5.86. The molecule has 0 aliphatic rings. The van der Waals surface area contributed by atoms with Gasteiger partial charge in [-0.3, -0.25) is 9.99 Å². The normalized spacial score (nSPS) is 10.9. The van der Waals surface area contributed by atoms with Crippen LogP contribution < -0.4 is 11.3 Å². The van der Waals surface area contributed by atoms with Crippen LogP contribution in [0, 0.1) is 13.8 Å². The zero-order valence-corrected chi connectivity index (χ0v) is 10.8. The predicted molar refractivity (Wildman–Crippen MR) is 73.9 cm³/mol. The zero-order valence-electron chi connectivity index (χ0n) is 10.8. The van der Waals surface area contributed by atoms with Gasteiger partial charge in [-0.15, -0.1) is 0 Å². The number of rotatable bonds is 2. The van der Waals surface area contributed by atoms with Crippen LogP contribution in [0.5, 0.6) is 0 Å². The van der Waals surface area contributed by atoms with E-state index in [9.17, 15) is 0 Å². The minimum Gasteiger partial charge on any atom is -0.292 e. The first kappa shape index (κ1) is 11.6. The zero-order chi connectivity index (χ0) is 13.4. The van der Waals surface area contributed by atoms with Crippen LogP contribution in [0.4, 0.5) is 5.95 Å². The first-order valence-electron chi connectivity index (χ1n) is 5.95. The second kappa shape index (κ2) is 4.33. The van der Waals surface area contributed by atoms with E-state index in [-0.39, 0.29) is 0 Å². The van der Waals surface area contributed by atoms with Crippen molar-refractivity contribution in [2.24, 2.45) is 5.84 Å². The van der Waals surface area contributed by atoms with E-state index in [0.717, 1.165) is 28.1 Å². The fourth-order valence-electron chi connectivity index (χ4n) is 2.02. The van der Waals surface area contributed by atoms with Crippen molar-refractivity contribution in [2.75, 3.05) is 5.43 Å². The molecular formula is C13H14N6. The number of anilines is 1. The van der Waals surface area contributed by atoms with Gasteiger partial charge in [-0.25, -0.2) is 15.8 Å². The minimum atomic E-state index is 0.388. The largest absolute Gasteiger partial charge is 0.292 e. The summed E-state index contributed by atoms with van der Waals surface area (Å²) in [5.41, 5.74) is 5.36. The standard InChI is InChI=1S/C13H14N6/c1-8-9(2)19(7-15-8)12-10-5-3-4-6-11(10)16-13(17-12)18-14/h3-7H,14H2,1-2H3,(H,16,17,18). The number of aryl methyl sites for hydroxylation is 1. The maximum atomic E-state index is 5.43. The SMILES string of the molecule is Cc1ncn(-c2nc(NN)nc3ccccc23)c1C. The van der Waals surface area contributed by atoms with Crippen LogP contribution >= 0.6 is 0 Å². The molecule has 0 bridgehead atoms. The number of fused-ring (bicyclic) bond motifs is 1. The molecule has 0 saturated heterocycles. The molecule has 1 aromatic carbocycles. The van der Waals surface area contributed by atoms with Crippen molar-refractivity contribution < 1.29 is 0 Å². The Bertz CT molecular complexity index is 746. The summed E-state index contributed by atoms with van der Waals surface area (Å²) >= 11 is 0. The molecule has 96 valence electrons. The smallest absolute Gasteiger partial charge is 0.239 e. The molecule has 0 spiro atoms. The van der Waals surface area contributed by atoms with Crippen molar-refractivity contribution >= 4 is 16.9 Å². The number of hydrogen-bond acceptors (Lipinski definition) is 5. The third-order valence-electron chi connectivity index (χ3n) is 3.19. The lowest BCUT2D eigenvalue weighted by molar-refractivity contribution is 0.950. The highest BCUT2D eigenvalue weighted by Gasteiger charge is 2.11. The van der Waals surface area contributed by atoms with E-state index in [2.05, 4.69) is 20.4 Å². The maximum Gasteiger partial charge on any atom is 0.239 e. The van der Waals surface area contributed by atoms with Gasteiger partial charge in [-0.1, -0.05) is 12.1 Å². The first-order valence-corrected chi connectivity index (χ1v) is 5.95. The van der Waals surface area contributed by atoms with Crippen molar-refractivity contribution in [1.82, 2.24) is 19.5 Å². The molecule has 6 nitrogen and oxygen atoms in total. The summed E-state index contributed by atoms with van der Waals surface area (Å²) in [5, 5.41) is 0.960. The van der Waals surface area contributed by atoms with Crippen molar-refractivity contribution in [3.05, 3.63) is 42.0 Å². The predicted octanol–water partition coefficient (Wildman–Crippen LogP) is 1.72. The van der Waals surface area contributed by atoms with E-state index >= 15 is 0 Å². The Balaban J connectivity index is 2.36. The van der Waals surface area contributed by atoms with E-state index in [1.165, 1.54) is 0 Å². The summed E-state index contributed by atoms with van der Waals surface area (Å²) in [5.74, 6) is 6.59. The van der Waals surface area contributed by atoms with Gasteiger partial charge in [0, 0.05) is 11.1 Å². The van der Waals surface area contributed by atoms with Gasteiger partial charge < -0.3 is 0 Å². The summed E-state index contributed by atoms with van der Waals surface area (Å²) in [6.45, 7) is 3.98. The Morgan fingerprint density at radius 3 is 2.63 bits per heavy atom. The molecule has 3 aromatic rings. The van der Waals surface area contributed by atoms with Gasteiger partial charge in [0.05, 0.1) is 11.2 Å². The van der Waals surface area contributed by atoms with Crippen molar-refractivity contribution in [1.29, 1.82) is 0 Å². The quantitative estimate of drug-likeness (QED) is 0.537. The third-order valence-corrected chi connectivity index (χ3v) is 3.19. The van der Waals surface area contributed by atoms with Gasteiger partial charge in [-0.2, -0.15) is 4.98 Å². The summed E-state index contributed by atoms with van der Waals surface area (Å²) in [4.78, 5) is 13.1. The minimum absolute atomic E-state index is 0.388. The highest BCUT2D eigenvalue weighted by atomic mass is 15.3. The van der Waals surface area contributed by atoms with Crippen LogP contribution in [0.25, 0.3) is 16.7 Å². The molecule has 19 heavy (non-hydrogen) atoms. The van der Waals surface area contributed by atoms with Gasteiger partial charge in [0.15, 0.2) is 5.82 Å². The Labute approximate surface area is 110 Å².